The molecule has 0 bridgehead atoms. The van der Waals surface area contributed by atoms with Gasteiger partial charge in [-0.3, -0.25) is 0 Å². The fourth-order valence-corrected chi connectivity index (χ4v) is 1.93. The zero-order valence-electron chi connectivity index (χ0n) is 11.4. The Kier molecular flexibility index (Phi) is 5.60. The van der Waals surface area contributed by atoms with Crippen molar-refractivity contribution < 1.29 is 4.74 Å². The number of likely N-dealkylation sites (N-methyl/N-ethyl adjacent to an activating group) is 1. The highest BCUT2D eigenvalue weighted by molar-refractivity contribution is 5.22. The van der Waals surface area contributed by atoms with Crippen LogP contribution in [0.3, 0.4) is 0 Å². The van der Waals surface area contributed by atoms with Gasteiger partial charge in [0.25, 0.3) is 0 Å². The molecule has 2 aromatic carbocycles. The fourth-order valence-electron chi connectivity index (χ4n) is 1.93. The Hall–Kier alpha value is -1.64. The molecule has 0 saturated heterocycles. The van der Waals surface area contributed by atoms with Gasteiger partial charge >= 0.3 is 0 Å². The predicted molar refractivity (Wildman–Crippen MR) is 79.0 cm³/mol. The van der Waals surface area contributed by atoms with E-state index in [0.29, 0.717) is 13.2 Å². The van der Waals surface area contributed by atoms with Crippen LogP contribution >= 0.6 is 0 Å². The standard InChI is InChI=1S/C17H21NO/c1-18-12-11-15-7-9-17(10-8-15)14-19-13-16-5-3-2-4-6-16/h2-10,18H,11-14H2,1H3. The molecule has 2 nitrogen and oxygen atoms in total. The monoisotopic (exact) mass is 255 g/mol. The number of hydrogen-bond donors (Lipinski definition) is 1. The average molecular weight is 255 g/mol. The molecule has 19 heavy (non-hydrogen) atoms. The molecule has 0 fully saturated rings. The SMILES string of the molecule is CNCCc1ccc(COCc2ccccc2)cc1. The van der Waals surface area contributed by atoms with Gasteiger partial charge in [-0.15, -0.1) is 0 Å². The highest BCUT2D eigenvalue weighted by Crippen LogP contribution is 2.08. The predicted octanol–water partition coefficient (Wildman–Crippen LogP) is 3.17. The van der Waals surface area contributed by atoms with Crippen LogP contribution in [-0.2, 0) is 24.4 Å². The first-order valence-corrected chi connectivity index (χ1v) is 6.72. The second-order valence-electron chi connectivity index (χ2n) is 4.65. The summed E-state index contributed by atoms with van der Waals surface area (Å²) in [5.74, 6) is 0. The first-order chi connectivity index (χ1) is 9.38. The van der Waals surface area contributed by atoms with E-state index < -0.39 is 0 Å². The summed E-state index contributed by atoms with van der Waals surface area (Å²) in [6.45, 7) is 2.35. The van der Waals surface area contributed by atoms with E-state index in [1.165, 1.54) is 16.7 Å². The summed E-state index contributed by atoms with van der Waals surface area (Å²) < 4.78 is 5.71. The lowest BCUT2D eigenvalue weighted by atomic mass is 10.1. The minimum atomic E-state index is 0.668. The van der Waals surface area contributed by atoms with Crippen LogP contribution in [0.15, 0.2) is 54.6 Å². The molecule has 0 aliphatic heterocycles. The molecule has 0 aromatic heterocycles. The summed E-state index contributed by atoms with van der Waals surface area (Å²) in [5, 5.41) is 3.16. The molecule has 0 radical (unpaired) electrons. The van der Waals surface area contributed by atoms with Crippen molar-refractivity contribution in [2.75, 3.05) is 13.6 Å². The second kappa shape index (κ2) is 7.72. The summed E-state index contributed by atoms with van der Waals surface area (Å²) in [6, 6.07) is 18.9. The van der Waals surface area contributed by atoms with E-state index in [0.717, 1.165) is 13.0 Å². The van der Waals surface area contributed by atoms with Crippen LogP contribution in [0.2, 0.25) is 0 Å². The lowest BCUT2D eigenvalue weighted by Crippen LogP contribution is -2.10. The van der Waals surface area contributed by atoms with Gasteiger partial charge in [0.1, 0.15) is 0 Å². The lowest BCUT2D eigenvalue weighted by molar-refractivity contribution is 0.107. The third-order valence-corrected chi connectivity index (χ3v) is 3.07. The first-order valence-electron chi connectivity index (χ1n) is 6.72. The number of nitrogens with one attached hydrogen (secondary N) is 1. The fraction of sp³-hybridized carbons (Fsp3) is 0.294. The summed E-state index contributed by atoms with van der Waals surface area (Å²) in [4.78, 5) is 0. The molecular weight excluding hydrogens is 234 g/mol. The molecule has 0 spiro atoms. The van der Waals surface area contributed by atoms with E-state index in [1.807, 2.05) is 25.2 Å². The molecule has 0 heterocycles. The van der Waals surface area contributed by atoms with E-state index in [2.05, 4.69) is 41.7 Å². The van der Waals surface area contributed by atoms with Gasteiger partial charge in [-0.1, -0.05) is 54.6 Å². The maximum Gasteiger partial charge on any atom is 0.0721 e. The summed E-state index contributed by atoms with van der Waals surface area (Å²) in [6.07, 6.45) is 1.07. The maximum atomic E-state index is 5.71. The van der Waals surface area contributed by atoms with E-state index in [9.17, 15) is 0 Å². The number of rotatable bonds is 7. The van der Waals surface area contributed by atoms with Crippen LogP contribution < -0.4 is 5.32 Å². The van der Waals surface area contributed by atoms with Crippen molar-refractivity contribution in [2.45, 2.75) is 19.6 Å². The molecule has 0 aliphatic rings. The van der Waals surface area contributed by atoms with Crippen LogP contribution in [0.1, 0.15) is 16.7 Å². The van der Waals surface area contributed by atoms with Gasteiger partial charge in [0.2, 0.25) is 0 Å². The van der Waals surface area contributed by atoms with Gasteiger partial charge in [0.15, 0.2) is 0 Å². The zero-order chi connectivity index (χ0) is 13.3. The van der Waals surface area contributed by atoms with Crippen LogP contribution in [0.25, 0.3) is 0 Å². The lowest BCUT2D eigenvalue weighted by Gasteiger charge is -2.06. The summed E-state index contributed by atoms with van der Waals surface area (Å²) >= 11 is 0. The van der Waals surface area contributed by atoms with E-state index >= 15 is 0 Å². The van der Waals surface area contributed by atoms with Gasteiger partial charge in [0, 0.05) is 0 Å². The Bertz CT molecular complexity index is 464. The Balaban J connectivity index is 1.77. The topological polar surface area (TPSA) is 21.3 Å². The summed E-state index contributed by atoms with van der Waals surface area (Å²) in [5.41, 5.74) is 3.80. The smallest absolute Gasteiger partial charge is 0.0721 e. The minimum absolute atomic E-state index is 0.668. The first kappa shape index (κ1) is 13.8. The van der Waals surface area contributed by atoms with Gasteiger partial charge in [-0.2, -0.15) is 0 Å². The average Bonchev–Trinajstić information content (AvgIpc) is 2.47. The van der Waals surface area contributed by atoms with Crippen molar-refractivity contribution in [3.05, 3.63) is 71.3 Å². The van der Waals surface area contributed by atoms with E-state index in [-0.39, 0.29) is 0 Å². The molecular formula is C17H21NO. The molecule has 2 aromatic rings. The molecule has 0 atom stereocenters. The number of hydrogen-bond acceptors (Lipinski definition) is 2. The van der Waals surface area contributed by atoms with E-state index in [1.54, 1.807) is 0 Å². The quantitative estimate of drug-likeness (QED) is 0.820. The minimum Gasteiger partial charge on any atom is -0.372 e. The molecule has 0 unspecified atom stereocenters. The largest absolute Gasteiger partial charge is 0.372 e. The van der Waals surface area contributed by atoms with Crippen LogP contribution in [0.5, 0.6) is 0 Å². The third-order valence-electron chi connectivity index (χ3n) is 3.07. The van der Waals surface area contributed by atoms with Crippen LogP contribution in [-0.4, -0.2) is 13.6 Å². The van der Waals surface area contributed by atoms with Crippen molar-refractivity contribution in [3.8, 4) is 0 Å². The molecule has 1 N–H and O–H groups in total. The maximum absolute atomic E-state index is 5.71. The highest BCUT2D eigenvalue weighted by Gasteiger charge is 1.96. The molecule has 100 valence electrons. The van der Waals surface area contributed by atoms with Crippen LogP contribution in [0.4, 0.5) is 0 Å². The van der Waals surface area contributed by atoms with Crippen molar-refractivity contribution in [2.24, 2.45) is 0 Å². The second-order valence-corrected chi connectivity index (χ2v) is 4.65. The van der Waals surface area contributed by atoms with Crippen molar-refractivity contribution in [1.82, 2.24) is 5.32 Å². The number of benzene rings is 2. The van der Waals surface area contributed by atoms with Crippen molar-refractivity contribution in [3.63, 3.8) is 0 Å². The summed E-state index contributed by atoms with van der Waals surface area (Å²) in [7, 11) is 1.98. The van der Waals surface area contributed by atoms with E-state index in [4.69, 9.17) is 4.74 Å². The molecule has 0 amide bonds. The van der Waals surface area contributed by atoms with Crippen molar-refractivity contribution in [1.29, 1.82) is 0 Å². The van der Waals surface area contributed by atoms with Gasteiger partial charge in [-0.05, 0) is 36.7 Å². The van der Waals surface area contributed by atoms with Gasteiger partial charge in [0.05, 0.1) is 13.2 Å². The number of ether oxygens (including phenoxy) is 1. The third kappa shape index (κ3) is 4.86. The molecule has 2 heteroatoms. The van der Waals surface area contributed by atoms with Crippen molar-refractivity contribution >= 4 is 0 Å². The van der Waals surface area contributed by atoms with Gasteiger partial charge in [-0.25, -0.2) is 0 Å². The molecule has 0 aliphatic carbocycles. The van der Waals surface area contributed by atoms with Gasteiger partial charge < -0.3 is 10.1 Å². The Morgan fingerprint density at radius 1 is 0.789 bits per heavy atom. The van der Waals surface area contributed by atoms with Crippen LogP contribution in [0, 0.1) is 0 Å². The zero-order valence-corrected chi connectivity index (χ0v) is 11.4. The Labute approximate surface area is 115 Å². The normalized spacial score (nSPS) is 10.6. The highest BCUT2D eigenvalue weighted by atomic mass is 16.5. The molecule has 2 rings (SSSR count). The Morgan fingerprint density at radius 3 is 2.00 bits per heavy atom. The molecule has 0 saturated carbocycles. The Morgan fingerprint density at radius 2 is 1.37 bits per heavy atom.